The minimum Gasteiger partial charge on any atom is -0.339 e. The fourth-order valence-electron chi connectivity index (χ4n) is 9.14. The maximum Gasteiger partial charge on any atom is 0.0991 e. The molecule has 4 nitrogen and oxygen atoms in total. The van der Waals surface area contributed by atoms with Crippen LogP contribution in [0.2, 0.25) is 0 Å². The second-order valence-electron chi connectivity index (χ2n) is 13.8. The Labute approximate surface area is 288 Å². The summed E-state index contributed by atoms with van der Waals surface area (Å²) in [5.74, 6) is 0.528. The summed E-state index contributed by atoms with van der Waals surface area (Å²) in [4.78, 5) is 4.97. The van der Waals surface area contributed by atoms with Gasteiger partial charge >= 0.3 is 0 Å². The fraction of sp³-hybridized carbons (Fsp3) is 0.200. The van der Waals surface area contributed by atoms with E-state index >= 15 is 0 Å². The Morgan fingerprint density at radius 3 is 2.35 bits per heavy atom. The highest BCUT2D eigenvalue weighted by molar-refractivity contribution is 5.95. The average molecular weight is 633 g/mol. The van der Waals surface area contributed by atoms with E-state index in [9.17, 15) is 10.5 Å². The zero-order chi connectivity index (χ0) is 33.1. The number of hydrogen-bond acceptors (Lipinski definition) is 4. The monoisotopic (exact) mass is 632 g/mol. The average Bonchev–Trinajstić information content (AvgIpc) is 3.66. The Morgan fingerprint density at radius 2 is 1.51 bits per heavy atom. The van der Waals surface area contributed by atoms with Crippen molar-refractivity contribution in [3.05, 3.63) is 173 Å². The quantitative estimate of drug-likeness (QED) is 0.225. The lowest BCUT2D eigenvalue weighted by molar-refractivity contribution is 0.477. The Hall–Kier alpha value is -5.84. The van der Waals surface area contributed by atoms with Crippen LogP contribution in [0.25, 0.3) is 11.1 Å². The van der Waals surface area contributed by atoms with Crippen molar-refractivity contribution in [1.29, 1.82) is 10.5 Å². The van der Waals surface area contributed by atoms with E-state index in [4.69, 9.17) is 0 Å². The molecule has 236 valence electrons. The number of allylic oxidation sites excluding steroid dienone is 7. The van der Waals surface area contributed by atoms with Crippen LogP contribution in [0.1, 0.15) is 59.4 Å². The first-order valence-corrected chi connectivity index (χ1v) is 17.4. The number of para-hydroxylation sites is 2. The molecule has 0 amide bonds. The lowest BCUT2D eigenvalue weighted by atomic mass is 9.73. The number of nitrogens with zero attached hydrogens (tertiary/aromatic N) is 4. The molecule has 2 aliphatic heterocycles. The highest BCUT2D eigenvalue weighted by Crippen LogP contribution is 2.55. The summed E-state index contributed by atoms with van der Waals surface area (Å²) in [5, 5.41) is 19.9. The third-order valence-corrected chi connectivity index (χ3v) is 11.2. The predicted molar refractivity (Wildman–Crippen MR) is 198 cm³/mol. The van der Waals surface area contributed by atoms with Gasteiger partial charge in [-0.1, -0.05) is 104 Å². The van der Waals surface area contributed by atoms with Crippen molar-refractivity contribution in [1.82, 2.24) is 0 Å². The van der Waals surface area contributed by atoms with E-state index < -0.39 is 0 Å². The van der Waals surface area contributed by atoms with Crippen LogP contribution >= 0.6 is 0 Å². The van der Waals surface area contributed by atoms with Gasteiger partial charge in [0.25, 0.3) is 0 Å². The molecule has 4 aromatic rings. The van der Waals surface area contributed by atoms with Gasteiger partial charge in [0.05, 0.1) is 29.7 Å². The van der Waals surface area contributed by atoms with Crippen LogP contribution in [0.5, 0.6) is 0 Å². The van der Waals surface area contributed by atoms with Gasteiger partial charge in [-0.25, -0.2) is 0 Å². The maximum atomic E-state index is 10.1. The van der Waals surface area contributed by atoms with Crippen LogP contribution in [0.15, 0.2) is 145 Å². The number of benzene rings is 4. The number of nitriles is 2. The molecule has 0 N–H and O–H groups in total. The van der Waals surface area contributed by atoms with Crippen LogP contribution in [-0.2, 0) is 0 Å². The molecule has 3 aliphatic carbocycles. The lowest BCUT2D eigenvalue weighted by Gasteiger charge is -2.40. The summed E-state index contributed by atoms with van der Waals surface area (Å²) in [7, 11) is 0. The molecule has 6 unspecified atom stereocenters. The van der Waals surface area contributed by atoms with Crippen LogP contribution in [0, 0.1) is 34.5 Å². The highest BCUT2D eigenvalue weighted by Gasteiger charge is 2.45. The summed E-state index contributed by atoms with van der Waals surface area (Å²) in [6.45, 7) is 2.38. The second kappa shape index (κ2) is 11.7. The minimum atomic E-state index is -0.133. The molecule has 2 heterocycles. The fourth-order valence-corrected chi connectivity index (χ4v) is 9.14. The molecule has 0 radical (unpaired) electrons. The largest absolute Gasteiger partial charge is 0.339 e. The van der Waals surface area contributed by atoms with Crippen molar-refractivity contribution < 1.29 is 0 Å². The standard InChI is InChI=1S/C45H36N4/c1-29-24-44-40(35-17-8-10-21-42(35)49(44)41-20-9-5-12-31(41)28-47)26-38(29)34-16-7-6-15-33(34)36-18-11-19-37-39-25-30(27-46)22-23-43(39)48(45(36)37)32-13-3-2-4-14-32/h2-11,13-23,25-26,29,31,36,40,44-45H,12,24H2,1H3. The van der Waals surface area contributed by atoms with E-state index in [1.807, 2.05) is 6.07 Å². The summed E-state index contributed by atoms with van der Waals surface area (Å²) >= 11 is 0. The van der Waals surface area contributed by atoms with Crippen molar-refractivity contribution in [3.8, 4) is 12.1 Å². The molecule has 49 heavy (non-hydrogen) atoms. The van der Waals surface area contributed by atoms with Gasteiger partial charge in [0.2, 0.25) is 0 Å². The Balaban J connectivity index is 1.15. The Morgan fingerprint density at radius 1 is 0.714 bits per heavy atom. The number of hydrogen-bond donors (Lipinski definition) is 0. The van der Waals surface area contributed by atoms with Crippen molar-refractivity contribution in [2.45, 2.75) is 43.7 Å². The van der Waals surface area contributed by atoms with Gasteiger partial charge < -0.3 is 9.80 Å². The van der Waals surface area contributed by atoms with Crippen molar-refractivity contribution >= 4 is 28.2 Å². The summed E-state index contributed by atoms with van der Waals surface area (Å²) in [6.07, 6.45) is 17.5. The van der Waals surface area contributed by atoms with Crippen LogP contribution in [0.4, 0.5) is 17.1 Å². The molecule has 0 spiro atoms. The number of anilines is 3. The zero-order valence-corrected chi connectivity index (χ0v) is 27.4. The first-order valence-electron chi connectivity index (χ1n) is 17.4. The predicted octanol–water partition coefficient (Wildman–Crippen LogP) is 10.2. The van der Waals surface area contributed by atoms with Crippen molar-refractivity contribution in [2.24, 2.45) is 11.8 Å². The van der Waals surface area contributed by atoms with Crippen LogP contribution < -0.4 is 9.80 Å². The van der Waals surface area contributed by atoms with Gasteiger partial charge in [-0.3, -0.25) is 0 Å². The van der Waals surface area contributed by atoms with Gasteiger partial charge in [0, 0.05) is 46.2 Å². The topological polar surface area (TPSA) is 54.1 Å². The lowest BCUT2D eigenvalue weighted by Crippen LogP contribution is -2.39. The zero-order valence-electron chi connectivity index (χ0n) is 27.4. The molecule has 9 rings (SSSR count). The van der Waals surface area contributed by atoms with Crippen LogP contribution in [0.3, 0.4) is 0 Å². The SMILES string of the molecule is CC1CC2C(C=C1c1ccccc1C1C=CC=C3c4cc(C#N)ccc4N(c4ccccc4)C31)c1ccccc1N2C1=CC=CCC1C#N. The molecule has 0 saturated carbocycles. The van der Waals surface area contributed by atoms with E-state index in [1.54, 1.807) is 0 Å². The van der Waals surface area contributed by atoms with Gasteiger partial charge in [0.15, 0.2) is 0 Å². The minimum absolute atomic E-state index is 0.0571. The van der Waals surface area contributed by atoms with E-state index in [2.05, 4.69) is 162 Å². The van der Waals surface area contributed by atoms with Gasteiger partial charge in [-0.15, -0.1) is 0 Å². The molecule has 0 fully saturated rings. The third-order valence-electron chi connectivity index (χ3n) is 11.2. The maximum absolute atomic E-state index is 10.1. The van der Waals surface area contributed by atoms with E-state index in [-0.39, 0.29) is 29.8 Å². The molecule has 0 aromatic heterocycles. The normalized spacial score (nSPS) is 26.0. The molecule has 6 atom stereocenters. The summed E-state index contributed by atoms with van der Waals surface area (Å²) < 4.78 is 0. The van der Waals surface area contributed by atoms with Crippen LogP contribution in [-0.4, -0.2) is 12.1 Å². The summed E-state index contributed by atoms with van der Waals surface area (Å²) in [6, 6.07) is 39.9. The summed E-state index contributed by atoms with van der Waals surface area (Å²) in [5.41, 5.74) is 13.1. The number of rotatable bonds is 4. The smallest absolute Gasteiger partial charge is 0.0991 e. The number of fused-ring (bicyclic) bond motifs is 6. The molecule has 4 aromatic carbocycles. The Kier molecular flexibility index (Phi) is 6.99. The van der Waals surface area contributed by atoms with E-state index in [1.165, 1.54) is 33.5 Å². The third kappa shape index (κ3) is 4.56. The molecule has 5 aliphatic rings. The first kappa shape index (κ1) is 29.3. The van der Waals surface area contributed by atoms with E-state index in [0.717, 1.165) is 35.5 Å². The molecular formula is C45H36N4. The molecule has 4 heteroatoms. The van der Waals surface area contributed by atoms with Gasteiger partial charge in [-0.2, -0.15) is 10.5 Å². The molecule has 0 bridgehead atoms. The van der Waals surface area contributed by atoms with Gasteiger partial charge in [-0.05, 0) is 89.1 Å². The van der Waals surface area contributed by atoms with Gasteiger partial charge in [0.1, 0.15) is 0 Å². The molecule has 0 saturated heterocycles. The van der Waals surface area contributed by atoms with E-state index in [0.29, 0.717) is 11.5 Å². The first-order chi connectivity index (χ1) is 24.2. The van der Waals surface area contributed by atoms with Crippen molar-refractivity contribution in [2.75, 3.05) is 9.80 Å². The Bertz CT molecular complexity index is 2220. The van der Waals surface area contributed by atoms with Crippen molar-refractivity contribution in [3.63, 3.8) is 0 Å². The highest BCUT2D eigenvalue weighted by atomic mass is 15.2. The molecular weight excluding hydrogens is 597 g/mol. The second-order valence-corrected chi connectivity index (χ2v) is 13.8.